The van der Waals surface area contributed by atoms with Crippen LogP contribution in [0.2, 0.25) is 0 Å². The number of nitrogens with one attached hydrogen (secondary N) is 1. The molecule has 3 nitrogen and oxygen atoms in total. The second-order valence-corrected chi connectivity index (χ2v) is 2.70. The van der Waals surface area contributed by atoms with Crippen LogP contribution in [0.1, 0.15) is 13.8 Å². The Balaban J connectivity index is 2.66. The summed E-state index contributed by atoms with van der Waals surface area (Å²) in [4.78, 5) is 3.96. The highest BCUT2D eigenvalue weighted by molar-refractivity contribution is 5.37. The summed E-state index contributed by atoms with van der Waals surface area (Å²) < 4.78 is 0. The zero-order chi connectivity index (χ0) is 8.27. The van der Waals surface area contributed by atoms with Crippen LogP contribution in [0.3, 0.4) is 0 Å². The maximum atomic E-state index is 8.90. The van der Waals surface area contributed by atoms with E-state index >= 15 is 0 Å². The van der Waals surface area contributed by atoms with Gasteiger partial charge < -0.3 is 10.4 Å². The van der Waals surface area contributed by atoms with Gasteiger partial charge in [-0.05, 0) is 26.0 Å². The lowest BCUT2D eigenvalue weighted by atomic mass is 10.3. The van der Waals surface area contributed by atoms with Crippen molar-refractivity contribution in [2.24, 2.45) is 0 Å². The van der Waals surface area contributed by atoms with E-state index in [-0.39, 0.29) is 5.75 Å². The Morgan fingerprint density at radius 1 is 1.45 bits per heavy atom. The molecule has 1 aromatic heterocycles. The van der Waals surface area contributed by atoms with Gasteiger partial charge in [-0.15, -0.1) is 0 Å². The lowest BCUT2D eigenvalue weighted by Crippen LogP contribution is -2.10. The summed E-state index contributed by atoms with van der Waals surface area (Å²) >= 11 is 0. The molecule has 1 rings (SSSR count). The van der Waals surface area contributed by atoms with Gasteiger partial charge in [0.2, 0.25) is 0 Å². The molecule has 0 aliphatic rings. The van der Waals surface area contributed by atoms with E-state index in [0.29, 0.717) is 6.04 Å². The van der Waals surface area contributed by atoms with Crippen molar-refractivity contribution in [1.82, 2.24) is 4.98 Å². The molecule has 0 aromatic carbocycles. The number of pyridine rings is 1. The van der Waals surface area contributed by atoms with E-state index in [1.807, 2.05) is 13.8 Å². The molecule has 0 aliphatic carbocycles. The maximum absolute atomic E-state index is 8.90. The van der Waals surface area contributed by atoms with E-state index in [2.05, 4.69) is 10.3 Å². The lowest BCUT2D eigenvalue weighted by Gasteiger charge is -2.07. The third-order valence-electron chi connectivity index (χ3n) is 1.18. The quantitative estimate of drug-likeness (QED) is 0.676. The van der Waals surface area contributed by atoms with Crippen LogP contribution < -0.4 is 5.32 Å². The Bertz CT molecular complexity index is 218. The number of aromatic hydroxyl groups is 1. The van der Waals surface area contributed by atoms with Crippen molar-refractivity contribution in [3.05, 3.63) is 18.3 Å². The lowest BCUT2D eigenvalue weighted by molar-refractivity contribution is 0.473. The molecule has 0 saturated carbocycles. The molecule has 11 heavy (non-hydrogen) atoms. The smallest absolute Gasteiger partial charge is 0.134 e. The fraction of sp³-hybridized carbons (Fsp3) is 0.375. The van der Waals surface area contributed by atoms with Gasteiger partial charge in [0.1, 0.15) is 11.6 Å². The van der Waals surface area contributed by atoms with Crippen LogP contribution >= 0.6 is 0 Å². The number of hydrogen-bond donors (Lipinski definition) is 2. The van der Waals surface area contributed by atoms with Crippen LogP contribution in [0.4, 0.5) is 5.82 Å². The van der Waals surface area contributed by atoms with Crippen LogP contribution in [-0.2, 0) is 0 Å². The molecule has 60 valence electrons. The summed E-state index contributed by atoms with van der Waals surface area (Å²) in [6.07, 6.45) is 1.42. The van der Waals surface area contributed by atoms with Crippen LogP contribution in [-0.4, -0.2) is 16.1 Å². The summed E-state index contributed by atoms with van der Waals surface area (Å²) in [5.41, 5.74) is 0. The van der Waals surface area contributed by atoms with Crippen molar-refractivity contribution in [3.63, 3.8) is 0 Å². The third kappa shape index (κ3) is 2.45. The first-order chi connectivity index (χ1) is 5.18. The molecular weight excluding hydrogens is 140 g/mol. The zero-order valence-electron chi connectivity index (χ0n) is 6.70. The minimum Gasteiger partial charge on any atom is -0.506 e. The number of hydrogen-bond acceptors (Lipinski definition) is 3. The number of anilines is 1. The highest BCUT2D eigenvalue weighted by Gasteiger charge is 1.94. The van der Waals surface area contributed by atoms with Crippen molar-refractivity contribution in [1.29, 1.82) is 0 Å². The largest absolute Gasteiger partial charge is 0.506 e. The average molecular weight is 152 g/mol. The summed E-state index contributed by atoms with van der Waals surface area (Å²) in [6, 6.07) is 3.72. The third-order valence-corrected chi connectivity index (χ3v) is 1.18. The molecule has 0 saturated heterocycles. The molecule has 0 radical (unpaired) electrons. The van der Waals surface area contributed by atoms with Crippen molar-refractivity contribution >= 4 is 5.82 Å². The number of rotatable bonds is 2. The molecule has 0 bridgehead atoms. The highest BCUT2D eigenvalue weighted by atomic mass is 16.3. The van der Waals surface area contributed by atoms with Gasteiger partial charge in [0.15, 0.2) is 0 Å². The predicted octanol–water partition coefficient (Wildman–Crippen LogP) is 1.61. The molecule has 3 heteroatoms. The van der Waals surface area contributed by atoms with Gasteiger partial charge in [-0.25, -0.2) is 4.98 Å². The van der Waals surface area contributed by atoms with Gasteiger partial charge in [-0.3, -0.25) is 0 Å². The van der Waals surface area contributed by atoms with Crippen LogP contribution in [0, 0.1) is 0 Å². The van der Waals surface area contributed by atoms with Crippen LogP contribution in [0.5, 0.6) is 5.75 Å². The average Bonchev–Trinajstić information content (AvgIpc) is 1.93. The van der Waals surface area contributed by atoms with E-state index in [9.17, 15) is 0 Å². The molecule has 0 fully saturated rings. The first kappa shape index (κ1) is 7.85. The topological polar surface area (TPSA) is 45.1 Å². The number of aromatic nitrogens is 1. The molecule has 1 aromatic rings. The molecule has 1 heterocycles. The van der Waals surface area contributed by atoms with Gasteiger partial charge in [0.25, 0.3) is 0 Å². The van der Waals surface area contributed by atoms with Crippen molar-refractivity contribution in [3.8, 4) is 5.75 Å². The summed E-state index contributed by atoms with van der Waals surface area (Å²) in [5, 5.41) is 12.0. The molecule has 0 aliphatic heterocycles. The van der Waals surface area contributed by atoms with E-state index in [4.69, 9.17) is 5.11 Å². The SMILES string of the molecule is CC(C)Nc1ccc(O)cn1. The van der Waals surface area contributed by atoms with Gasteiger partial charge in [0.05, 0.1) is 6.20 Å². The Morgan fingerprint density at radius 3 is 2.64 bits per heavy atom. The molecule has 0 spiro atoms. The molecule has 0 atom stereocenters. The Kier molecular flexibility index (Phi) is 2.31. The van der Waals surface area contributed by atoms with Gasteiger partial charge in [0, 0.05) is 6.04 Å². The molecular formula is C8H12N2O. The summed E-state index contributed by atoms with van der Waals surface area (Å²) in [7, 11) is 0. The molecule has 0 amide bonds. The van der Waals surface area contributed by atoms with Gasteiger partial charge in [-0.1, -0.05) is 0 Å². The van der Waals surface area contributed by atoms with E-state index < -0.39 is 0 Å². The van der Waals surface area contributed by atoms with E-state index in [1.54, 1.807) is 12.1 Å². The second kappa shape index (κ2) is 3.23. The van der Waals surface area contributed by atoms with Crippen molar-refractivity contribution in [2.75, 3.05) is 5.32 Å². The Hall–Kier alpha value is -1.25. The van der Waals surface area contributed by atoms with Crippen LogP contribution in [0.15, 0.2) is 18.3 Å². The second-order valence-electron chi connectivity index (χ2n) is 2.70. The first-order valence-electron chi connectivity index (χ1n) is 3.60. The van der Waals surface area contributed by atoms with Crippen molar-refractivity contribution < 1.29 is 5.11 Å². The summed E-state index contributed by atoms with van der Waals surface area (Å²) in [5.74, 6) is 0.983. The standard InChI is InChI=1S/C8H12N2O/c1-6(2)10-8-4-3-7(11)5-9-8/h3-6,11H,1-2H3,(H,9,10). The zero-order valence-corrected chi connectivity index (χ0v) is 6.70. The Labute approximate surface area is 66.1 Å². The van der Waals surface area contributed by atoms with E-state index in [0.717, 1.165) is 5.82 Å². The Morgan fingerprint density at radius 2 is 2.18 bits per heavy atom. The minimum absolute atomic E-state index is 0.194. The fourth-order valence-electron chi connectivity index (χ4n) is 0.767. The maximum Gasteiger partial charge on any atom is 0.134 e. The summed E-state index contributed by atoms with van der Waals surface area (Å²) in [6.45, 7) is 4.07. The molecule has 0 unspecified atom stereocenters. The van der Waals surface area contributed by atoms with Gasteiger partial charge >= 0.3 is 0 Å². The number of nitrogens with zero attached hydrogens (tertiary/aromatic N) is 1. The highest BCUT2D eigenvalue weighted by Crippen LogP contribution is 2.09. The van der Waals surface area contributed by atoms with Gasteiger partial charge in [-0.2, -0.15) is 0 Å². The fourth-order valence-corrected chi connectivity index (χ4v) is 0.767. The molecule has 2 N–H and O–H groups in total. The normalized spacial score (nSPS) is 10.1. The monoisotopic (exact) mass is 152 g/mol. The first-order valence-corrected chi connectivity index (χ1v) is 3.60. The van der Waals surface area contributed by atoms with Crippen molar-refractivity contribution in [2.45, 2.75) is 19.9 Å². The predicted molar refractivity (Wildman–Crippen MR) is 44.7 cm³/mol. The minimum atomic E-state index is 0.194. The van der Waals surface area contributed by atoms with Crippen LogP contribution in [0.25, 0.3) is 0 Å². The van der Waals surface area contributed by atoms with E-state index in [1.165, 1.54) is 6.20 Å².